The van der Waals surface area contributed by atoms with Gasteiger partial charge in [0.05, 0.1) is 0 Å². The zero-order valence-corrected chi connectivity index (χ0v) is 9.72. The van der Waals surface area contributed by atoms with Crippen molar-refractivity contribution in [2.75, 3.05) is 19.0 Å². The minimum atomic E-state index is 0. The molecular weight excluding hydrogens is 244 g/mol. The molecule has 74 valence electrons. The molecule has 0 aliphatic rings. The molecule has 1 aromatic heterocycles. The maximum Gasteiger partial charge on any atom is 0.181 e. The number of rotatable bonds is 1. The first-order chi connectivity index (χ1) is 6.22. The summed E-state index contributed by atoms with van der Waals surface area (Å²) < 4.78 is 0. The van der Waals surface area contributed by atoms with Crippen LogP contribution < -0.4 is 4.90 Å². The van der Waals surface area contributed by atoms with Crippen LogP contribution in [0.3, 0.4) is 0 Å². The molecule has 4 nitrogen and oxygen atoms in total. The minimum absolute atomic E-state index is 0. The Hall–Kier alpha value is -1.59. The molecule has 14 heavy (non-hydrogen) atoms. The predicted molar refractivity (Wildman–Crippen MR) is 60.1 cm³/mol. The maximum atomic E-state index is 7.26. The first-order valence-electron chi connectivity index (χ1n) is 3.58. The fourth-order valence-corrected chi connectivity index (χ4v) is 0.642. The number of hydrogen-bond acceptors (Lipinski definition) is 4. The van der Waals surface area contributed by atoms with Gasteiger partial charge >= 0.3 is 0 Å². The lowest BCUT2D eigenvalue weighted by atomic mass is 10.4. The molecular formula is C9H11BrN4. The highest BCUT2D eigenvalue weighted by molar-refractivity contribution is 8.93. The maximum absolute atomic E-state index is 7.26. The number of halogens is 1. The molecule has 0 aromatic carbocycles. The molecule has 0 aliphatic heterocycles. The molecule has 0 bridgehead atoms. The molecule has 1 rings (SSSR count). The number of hydrogen-bond donors (Lipinski definition) is 0. The van der Waals surface area contributed by atoms with E-state index in [1.165, 1.54) is 17.8 Å². The fraction of sp³-hybridized carbons (Fsp3) is 0.222. The van der Waals surface area contributed by atoms with Gasteiger partial charge in [0.15, 0.2) is 12.1 Å². The topological polar surface area (TPSA) is 63.7 Å². The van der Waals surface area contributed by atoms with Crippen LogP contribution in [0, 0.1) is 22.7 Å². The van der Waals surface area contributed by atoms with Gasteiger partial charge in [-0.25, -0.2) is 0 Å². The molecule has 0 radical (unpaired) electrons. The third-order valence-electron chi connectivity index (χ3n) is 1.23. The number of anilines is 1. The van der Waals surface area contributed by atoms with Crippen LogP contribution >= 0.6 is 17.0 Å². The van der Waals surface area contributed by atoms with Crippen LogP contribution in [-0.4, -0.2) is 19.1 Å². The van der Waals surface area contributed by atoms with Gasteiger partial charge in [0.2, 0.25) is 0 Å². The summed E-state index contributed by atoms with van der Waals surface area (Å²) in [5.74, 6) is 0. The van der Waals surface area contributed by atoms with Gasteiger partial charge < -0.3 is 4.90 Å². The van der Waals surface area contributed by atoms with Gasteiger partial charge in [0.1, 0.15) is 0 Å². The molecule has 0 N–H and O–H groups in total. The van der Waals surface area contributed by atoms with E-state index in [1.807, 2.05) is 31.1 Å². The van der Waals surface area contributed by atoms with Gasteiger partial charge in [0.25, 0.3) is 0 Å². The lowest BCUT2D eigenvalue weighted by Crippen LogP contribution is -2.07. The van der Waals surface area contributed by atoms with Crippen molar-refractivity contribution in [3.05, 3.63) is 24.5 Å². The SMILES string of the molecule is Br.CN(C)c1ccncc1.N#CC#N. The van der Waals surface area contributed by atoms with Gasteiger partial charge in [0, 0.05) is 32.2 Å². The van der Waals surface area contributed by atoms with Crippen molar-refractivity contribution in [2.45, 2.75) is 0 Å². The van der Waals surface area contributed by atoms with E-state index in [9.17, 15) is 0 Å². The van der Waals surface area contributed by atoms with Gasteiger partial charge in [-0.2, -0.15) is 10.5 Å². The van der Waals surface area contributed by atoms with Crippen LogP contribution in [0.1, 0.15) is 0 Å². The van der Waals surface area contributed by atoms with Crippen LogP contribution in [0.5, 0.6) is 0 Å². The third-order valence-corrected chi connectivity index (χ3v) is 1.23. The second-order valence-corrected chi connectivity index (χ2v) is 2.32. The van der Waals surface area contributed by atoms with Crippen molar-refractivity contribution >= 4 is 22.7 Å². The quantitative estimate of drug-likeness (QED) is 0.766. The zero-order valence-electron chi connectivity index (χ0n) is 8.01. The second-order valence-electron chi connectivity index (χ2n) is 2.32. The molecule has 0 saturated heterocycles. The van der Waals surface area contributed by atoms with Crippen molar-refractivity contribution in [3.63, 3.8) is 0 Å². The predicted octanol–water partition coefficient (Wildman–Crippen LogP) is 1.76. The van der Waals surface area contributed by atoms with Crippen LogP contribution in [0.25, 0.3) is 0 Å². The summed E-state index contributed by atoms with van der Waals surface area (Å²) >= 11 is 0. The number of pyridine rings is 1. The molecule has 1 heterocycles. The smallest absolute Gasteiger partial charge is 0.181 e. The summed E-state index contributed by atoms with van der Waals surface area (Å²) in [4.78, 5) is 5.94. The Bertz CT molecular complexity index is 298. The molecule has 0 saturated carbocycles. The van der Waals surface area contributed by atoms with Crippen LogP contribution in [0.2, 0.25) is 0 Å². The lowest BCUT2D eigenvalue weighted by molar-refractivity contribution is 1.12. The zero-order chi connectivity index (χ0) is 10.1. The average Bonchev–Trinajstić information content (AvgIpc) is 2.19. The van der Waals surface area contributed by atoms with Gasteiger partial charge in [-0.3, -0.25) is 4.98 Å². The van der Waals surface area contributed by atoms with E-state index < -0.39 is 0 Å². The molecule has 5 heteroatoms. The molecule has 0 amide bonds. The lowest BCUT2D eigenvalue weighted by Gasteiger charge is -2.10. The highest BCUT2D eigenvalue weighted by atomic mass is 79.9. The van der Waals surface area contributed by atoms with Gasteiger partial charge in [-0.1, -0.05) is 0 Å². The van der Waals surface area contributed by atoms with E-state index in [0.717, 1.165) is 0 Å². The van der Waals surface area contributed by atoms with E-state index >= 15 is 0 Å². The molecule has 0 fully saturated rings. The summed E-state index contributed by atoms with van der Waals surface area (Å²) in [6.07, 6.45) is 3.57. The van der Waals surface area contributed by atoms with Gasteiger partial charge in [-0.05, 0) is 12.1 Å². The molecule has 0 atom stereocenters. The van der Waals surface area contributed by atoms with Crippen LogP contribution in [0.4, 0.5) is 5.69 Å². The van der Waals surface area contributed by atoms with E-state index in [-0.39, 0.29) is 17.0 Å². The minimum Gasteiger partial charge on any atom is -0.378 e. The Balaban J connectivity index is 0. The van der Waals surface area contributed by atoms with E-state index in [4.69, 9.17) is 10.5 Å². The Morgan fingerprint density at radius 1 is 1.14 bits per heavy atom. The molecule has 0 aliphatic carbocycles. The van der Waals surface area contributed by atoms with E-state index in [1.54, 1.807) is 12.4 Å². The fourth-order valence-electron chi connectivity index (χ4n) is 0.642. The van der Waals surface area contributed by atoms with Crippen molar-refractivity contribution in [3.8, 4) is 12.1 Å². The summed E-state index contributed by atoms with van der Waals surface area (Å²) in [6, 6.07) is 6.42. The third kappa shape index (κ3) is 7.08. The average molecular weight is 255 g/mol. The van der Waals surface area contributed by atoms with Crippen LogP contribution in [-0.2, 0) is 0 Å². The summed E-state index contributed by atoms with van der Waals surface area (Å²) in [5, 5.41) is 14.5. The normalized spacial score (nSPS) is 6.57. The second kappa shape index (κ2) is 9.50. The van der Waals surface area contributed by atoms with E-state index in [2.05, 4.69) is 4.98 Å². The summed E-state index contributed by atoms with van der Waals surface area (Å²) in [5.41, 5.74) is 1.19. The molecule has 0 spiro atoms. The number of nitriles is 2. The number of aromatic nitrogens is 1. The van der Waals surface area contributed by atoms with Crippen LogP contribution in [0.15, 0.2) is 24.5 Å². The highest BCUT2D eigenvalue weighted by Crippen LogP contribution is 2.05. The first kappa shape index (κ1) is 14.9. The monoisotopic (exact) mass is 254 g/mol. The van der Waals surface area contributed by atoms with Crippen molar-refractivity contribution < 1.29 is 0 Å². The Morgan fingerprint density at radius 2 is 1.57 bits per heavy atom. The molecule has 1 aromatic rings. The summed E-state index contributed by atoms with van der Waals surface area (Å²) in [7, 11) is 4.02. The Morgan fingerprint density at radius 3 is 1.79 bits per heavy atom. The largest absolute Gasteiger partial charge is 0.378 e. The standard InChI is InChI=1S/C7H10N2.C2N2.BrH/c1-9(2)7-3-5-8-6-4-7;3-1-2-4;/h3-6H,1-2H3;;1H. The summed E-state index contributed by atoms with van der Waals surface area (Å²) in [6.45, 7) is 0. The molecule has 0 unspecified atom stereocenters. The number of nitrogens with zero attached hydrogens (tertiary/aromatic N) is 4. The van der Waals surface area contributed by atoms with Crippen molar-refractivity contribution in [1.82, 2.24) is 4.98 Å². The van der Waals surface area contributed by atoms with E-state index in [0.29, 0.717) is 0 Å². The Labute approximate surface area is 94.2 Å². The van der Waals surface area contributed by atoms with Crippen molar-refractivity contribution in [1.29, 1.82) is 10.5 Å². The van der Waals surface area contributed by atoms with Crippen molar-refractivity contribution in [2.24, 2.45) is 0 Å². The highest BCUT2D eigenvalue weighted by Gasteiger charge is 1.88. The first-order valence-corrected chi connectivity index (χ1v) is 3.58. The van der Waals surface area contributed by atoms with Gasteiger partial charge in [-0.15, -0.1) is 17.0 Å². The Kier molecular flexibility index (Phi) is 10.1.